The zero-order chi connectivity index (χ0) is 14.8. The molecule has 0 radical (unpaired) electrons. The summed E-state index contributed by atoms with van der Waals surface area (Å²) in [6.07, 6.45) is 3.20. The Morgan fingerprint density at radius 1 is 1.38 bits per heavy atom. The van der Waals surface area contributed by atoms with Crippen LogP contribution in [0, 0.1) is 6.92 Å². The molecule has 2 heterocycles. The number of benzene rings is 1. The molecule has 0 bridgehead atoms. The molecule has 0 aliphatic carbocycles. The molecule has 0 atom stereocenters. The van der Waals surface area contributed by atoms with Crippen LogP contribution in [0.15, 0.2) is 18.2 Å². The van der Waals surface area contributed by atoms with Crippen molar-refractivity contribution in [1.29, 1.82) is 0 Å². The number of nitrogens with zero attached hydrogens (tertiary/aromatic N) is 3. The molecule has 3 rings (SSSR count). The quantitative estimate of drug-likeness (QED) is 0.688. The van der Waals surface area contributed by atoms with E-state index in [0.29, 0.717) is 17.1 Å². The van der Waals surface area contributed by atoms with Crippen LogP contribution in [0.4, 0.5) is 5.69 Å². The maximum absolute atomic E-state index is 12.1. The zero-order valence-corrected chi connectivity index (χ0v) is 12.0. The van der Waals surface area contributed by atoms with E-state index in [1.807, 2.05) is 11.5 Å². The molecule has 1 aliphatic rings. The average molecular weight is 286 g/mol. The van der Waals surface area contributed by atoms with Crippen molar-refractivity contribution < 1.29 is 9.53 Å². The largest absolute Gasteiger partial charge is 0.454 e. The molecule has 0 saturated carbocycles. The number of aromatic nitrogens is 3. The van der Waals surface area contributed by atoms with Gasteiger partial charge in [-0.2, -0.15) is 0 Å². The van der Waals surface area contributed by atoms with E-state index in [2.05, 4.69) is 10.2 Å². The molecular weight excluding hydrogens is 268 g/mol. The maximum atomic E-state index is 12.1. The summed E-state index contributed by atoms with van der Waals surface area (Å²) in [6.45, 7) is 2.91. The molecule has 6 nitrogen and oxygen atoms in total. The Kier molecular flexibility index (Phi) is 3.60. The minimum absolute atomic E-state index is 0.148. The highest BCUT2D eigenvalue weighted by molar-refractivity contribution is 5.90. The second-order valence-electron chi connectivity index (χ2n) is 5.29. The van der Waals surface area contributed by atoms with Gasteiger partial charge in [-0.05, 0) is 43.5 Å². The van der Waals surface area contributed by atoms with Crippen molar-refractivity contribution in [3.8, 4) is 0 Å². The van der Waals surface area contributed by atoms with E-state index in [1.165, 1.54) is 0 Å². The summed E-state index contributed by atoms with van der Waals surface area (Å²) < 4.78 is 7.38. The van der Waals surface area contributed by atoms with Crippen molar-refractivity contribution in [2.24, 2.45) is 0 Å². The molecular formula is C15H18N4O2. The Labute approximate surface area is 122 Å². The van der Waals surface area contributed by atoms with Crippen LogP contribution in [-0.4, -0.2) is 20.7 Å². The molecule has 0 spiro atoms. The smallest absolute Gasteiger partial charge is 0.338 e. The Balaban J connectivity index is 1.68. The zero-order valence-electron chi connectivity index (χ0n) is 12.0. The summed E-state index contributed by atoms with van der Waals surface area (Å²) in [4.78, 5) is 12.1. The average Bonchev–Trinajstić information content (AvgIpc) is 2.91. The highest BCUT2D eigenvalue weighted by Crippen LogP contribution is 2.16. The molecule has 1 aliphatic heterocycles. The number of carbonyl (C=O) groups excluding carboxylic acids is 1. The van der Waals surface area contributed by atoms with E-state index in [9.17, 15) is 4.79 Å². The number of fused-ring (bicyclic) bond motifs is 1. The van der Waals surface area contributed by atoms with Crippen LogP contribution in [-0.2, 0) is 24.3 Å². The lowest BCUT2D eigenvalue weighted by Crippen LogP contribution is -2.15. The normalized spacial score (nSPS) is 13.8. The number of hydrogen-bond donors (Lipinski definition) is 1. The van der Waals surface area contributed by atoms with Gasteiger partial charge < -0.3 is 15.0 Å². The molecule has 0 amide bonds. The van der Waals surface area contributed by atoms with Crippen LogP contribution < -0.4 is 5.73 Å². The fraction of sp³-hybridized carbons (Fsp3) is 0.400. The standard InChI is InChI=1S/C15H18N4O2/c1-10-8-11(5-6-12(10)16)15(20)21-9-14-18-17-13-4-2-3-7-19(13)14/h5-6,8H,2-4,7,9,16H2,1H3. The van der Waals surface area contributed by atoms with Crippen molar-refractivity contribution in [2.75, 3.05) is 5.73 Å². The molecule has 2 aromatic rings. The number of anilines is 1. The van der Waals surface area contributed by atoms with Gasteiger partial charge in [-0.15, -0.1) is 10.2 Å². The molecule has 0 saturated heterocycles. The number of hydrogen-bond acceptors (Lipinski definition) is 5. The number of aryl methyl sites for hydroxylation is 2. The topological polar surface area (TPSA) is 83.0 Å². The third-order valence-electron chi connectivity index (χ3n) is 3.77. The van der Waals surface area contributed by atoms with Crippen molar-refractivity contribution in [1.82, 2.24) is 14.8 Å². The summed E-state index contributed by atoms with van der Waals surface area (Å²) in [6, 6.07) is 5.12. The van der Waals surface area contributed by atoms with Crippen LogP contribution in [0.2, 0.25) is 0 Å². The lowest BCUT2D eigenvalue weighted by atomic mass is 10.1. The summed E-state index contributed by atoms with van der Waals surface area (Å²) in [5.74, 6) is 1.33. The van der Waals surface area contributed by atoms with Gasteiger partial charge in [0.1, 0.15) is 5.82 Å². The number of esters is 1. The predicted octanol–water partition coefficient (Wildman–Crippen LogP) is 1.86. The first-order chi connectivity index (χ1) is 10.1. The Hall–Kier alpha value is -2.37. The lowest BCUT2D eigenvalue weighted by Gasteiger charge is -2.14. The van der Waals surface area contributed by atoms with E-state index in [4.69, 9.17) is 10.5 Å². The van der Waals surface area contributed by atoms with Crippen molar-refractivity contribution in [3.05, 3.63) is 41.0 Å². The van der Waals surface area contributed by atoms with Crippen molar-refractivity contribution >= 4 is 11.7 Å². The second kappa shape index (κ2) is 5.55. The van der Waals surface area contributed by atoms with E-state index in [-0.39, 0.29) is 12.6 Å². The lowest BCUT2D eigenvalue weighted by molar-refractivity contribution is 0.0456. The fourth-order valence-electron chi connectivity index (χ4n) is 2.49. The molecule has 1 aromatic heterocycles. The number of nitrogens with two attached hydrogens (primary N) is 1. The molecule has 21 heavy (non-hydrogen) atoms. The molecule has 0 unspecified atom stereocenters. The van der Waals surface area contributed by atoms with Crippen molar-refractivity contribution in [3.63, 3.8) is 0 Å². The van der Waals surface area contributed by atoms with Gasteiger partial charge in [0.2, 0.25) is 0 Å². The van der Waals surface area contributed by atoms with Gasteiger partial charge in [0, 0.05) is 18.7 Å². The predicted molar refractivity (Wildman–Crippen MR) is 77.7 cm³/mol. The molecule has 6 heteroatoms. The second-order valence-corrected chi connectivity index (χ2v) is 5.29. The van der Waals surface area contributed by atoms with E-state index < -0.39 is 0 Å². The van der Waals surface area contributed by atoms with Gasteiger partial charge >= 0.3 is 5.97 Å². The van der Waals surface area contributed by atoms with Crippen LogP contribution in [0.3, 0.4) is 0 Å². The van der Waals surface area contributed by atoms with Gasteiger partial charge in [0.25, 0.3) is 0 Å². The summed E-state index contributed by atoms with van der Waals surface area (Å²) in [7, 11) is 0. The van der Waals surface area contributed by atoms with Gasteiger partial charge in [-0.25, -0.2) is 4.79 Å². The summed E-state index contributed by atoms with van der Waals surface area (Å²) >= 11 is 0. The third-order valence-corrected chi connectivity index (χ3v) is 3.77. The minimum atomic E-state index is -0.369. The molecule has 0 fully saturated rings. The molecule has 2 N–H and O–H groups in total. The van der Waals surface area contributed by atoms with E-state index in [0.717, 1.165) is 37.2 Å². The SMILES string of the molecule is Cc1cc(C(=O)OCc2nnc3n2CCCC3)ccc1N. The number of nitrogen functional groups attached to an aromatic ring is 1. The number of ether oxygens (including phenoxy) is 1. The summed E-state index contributed by atoms with van der Waals surface area (Å²) in [5, 5.41) is 8.25. The molecule has 110 valence electrons. The Morgan fingerprint density at radius 3 is 3.05 bits per heavy atom. The fourth-order valence-corrected chi connectivity index (χ4v) is 2.49. The monoisotopic (exact) mass is 286 g/mol. The summed E-state index contributed by atoms with van der Waals surface area (Å²) in [5.41, 5.74) is 7.77. The first kappa shape index (κ1) is 13.6. The minimum Gasteiger partial charge on any atom is -0.454 e. The maximum Gasteiger partial charge on any atom is 0.338 e. The van der Waals surface area contributed by atoms with Gasteiger partial charge in [-0.1, -0.05) is 0 Å². The van der Waals surface area contributed by atoms with Crippen LogP contribution in [0.5, 0.6) is 0 Å². The van der Waals surface area contributed by atoms with Gasteiger partial charge in [0.05, 0.1) is 5.56 Å². The first-order valence-corrected chi connectivity index (χ1v) is 7.09. The third kappa shape index (κ3) is 2.74. The van der Waals surface area contributed by atoms with Gasteiger partial charge in [-0.3, -0.25) is 0 Å². The highest BCUT2D eigenvalue weighted by atomic mass is 16.5. The number of rotatable bonds is 3. The highest BCUT2D eigenvalue weighted by Gasteiger charge is 2.17. The van der Waals surface area contributed by atoms with Crippen LogP contribution in [0.1, 0.15) is 40.4 Å². The Morgan fingerprint density at radius 2 is 2.24 bits per heavy atom. The van der Waals surface area contributed by atoms with Gasteiger partial charge in [0.15, 0.2) is 12.4 Å². The van der Waals surface area contributed by atoms with Crippen molar-refractivity contribution in [2.45, 2.75) is 39.3 Å². The number of carbonyl (C=O) groups is 1. The van der Waals surface area contributed by atoms with E-state index >= 15 is 0 Å². The Bertz CT molecular complexity index is 678. The van der Waals surface area contributed by atoms with Crippen LogP contribution >= 0.6 is 0 Å². The van der Waals surface area contributed by atoms with Crippen LogP contribution in [0.25, 0.3) is 0 Å². The first-order valence-electron chi connectivity index (χ1n) is 7.09. The molecule has 1 aromatic carbocycles. The van der Waals surface area contributed by atoms with E-state index in [1.54, 1.807) is 18.2 Å².